The van der Waals surface area contributed by atoms with E-state index in [0.29, 0.717) is 21.8 Å². The fraction of sp³-hybridized carbons (Fsp3) is 0. The molecule has 2 aromatic carbocycles. The zero-order valence-corrected chi connectivity index (χ0v) is 13.5. The number of benzene rings is 2. The van der Waals surface area contributed by atoms with Gasteiger partial charge in [0.15, 0.2) is 0 Å². The predicted molar refractivity (Wildman–Crippen MR) is 94.1 cm³/mol. The Kier molecular flexibility index (Phi) is 4.64. The van der Waals surface area contributed by atoms with Crippen LogP contribution >= 0.6 is 11.3 Å². The number of hydrogen-bond donors (Lipinski definition) is 0. The number of aromatic nitrogens is 1. The van der Waals surface area contributed by atoms with Crippen LogP contribution in [0.15, 0.2) is 53.9 Å². The van der Waals surface area contributed by atoms with Crippen LogP contribution in [0.3, 0.4) is 0 Å². The molecule has 0 amide bonds. The number of rotatable bonds is 4. The molecule has 1 aromatic heterocycles. The first kappa shape index (κ1) is 16.5. The molecule has 3 aromatic rings. The summed E-state index contributed by atoms with van der Waals surface area (Å²) in [5.74, 6) is -0.378. The molecule has 0 aliphatic rings. The van der Waals surface area contributed by atoms with Crippen molar-refractivity contribution in [3.63, 3.8) is 0 Å². The summed E-state index contributed by atoms with van der Waals surface area (Å²) in [5.41, 5.74) is 2.24. The molecule has 0 bridgehead atoms. The lowest BCUT2D eigenvalue weighted by molar-refractivity contribution is -0.384. The maximum atomic E-state index is 13.3. The highest BCUT2D eigenvalue weighted by Gasteiger charge is 2.11. The Hall–Kier alpha value is -3.37. The standard InChI is InChI=1S/C18H10FN3O2S/c19-15-3-1-2-12(9-15)8-14(10-20)18-21-17(11-25-18)13-4-6-16(7-5-13)22(23)24/h1-9,11H. The molecule has 122 valence electrons. The molecule has 0 atom stereocenters. The normalized spacial score (nSPS) is 11.1. The zero-order chi connectivity index (χ0) is 17.8. The summed E-state index contributed by atoms with van der Waals surface area (Å²) in [5, 5.41) is 22.3. The Morgan fingerprint density at radius 1 is 1.28 bits per heavy atom. The Bertz CT molecular complexity index is 1000. The van der Waals surface area contributed by atoms with E-state index in [-0.39, 0.29) is 11.5 Å². The first-order valence-corrected chi connectivity index (χ1v) is 8.03. The SMILES string of the molecule is N#CC(=Cc1cccc(F)c1)c1nc(-c2ccc([N+](=O)[O-])cc2)cs1. The molecule has 5 nitrogen and oxygen atoms in total. The van der Waals surface area contributed by atoms with Gasteiger partial charge < -0.3 is 0 Å². The second-order valence-electron chi connectivity index (χ2n) is 5.07. The van der Waals surface area contributed by atoms with Crippen LogP contribution in [0.5, 0.6) is 0 Å². The molecule has 0 spiro atoms. The number of nitro groups is 1. The first-order valence-electron chi connectivity index (χ1n) is 7.15. The van der Waals surface area contributed by atoms with E-state index in [9.17, 15) is 19.8 Å². The maximum absolute atomic E-state index is 13.3. The fourth-order valence-corrected chi connectivity index (χ4v) is 2.98. The van der Waals surface area contributed by atoms with Crippen molar-refractivity contribution in [1.82, 2.24) is 4.98 Å². The summed E-state index contributed by atoms with van der Waals surface area (Å²) in [6, 6.07) is 14.0. The van der Waals surface area contributed by atoms with Gasteiger partial charge in [0.05, 0.1) is 16.2 Å². The molecule has 0 aliphatic carbocycles. The van der Waals surface area contributed by atoms with Gasteiger partial charge in [0.25, 0.3) is 5.69 Å². The molecule has 25 heavy (non-hydrogen) atoms. The van der Waals surface area contributed by atoms with Crippen molar-refractivity contribution < 1.29 is 9.31 Å². The van der Waals surface area contributed by atoms with Crippen molar-refractivity contribution in [1.29, 1.82) is 5.26 Å². The van der Waals surface area contributed by atoms with Crippen molar-refractivity contribution in [2.45, 2.75) is 0 Å². The van der Waals surface area contributed by atoms with Gasteiger partial charge in [-0.15, -0.1) is 11.3 Å². The number of non-ortho nitro benzene ring substituents is 1. The highest BCUT2D eigenvalue weighted by Crippen LogP contribution is 2.28. The number of thiazole rings is 1. The average Bonchev–Trinajstić information content (AvgIpc) is 3.09. The maximum Gasteiger partial charge on any atom is 0.269 e. The van der Waals surface area contributed by atoms with E-state index in [1.807, 2.05) is 0 Å². The monoisotopic (exact) mass is 351 g/mol. The van der Waals surface area contributed by atoms with Gasteiger partial charge in [0, 0.05) is 23.1 Å². The second-order valence-corrected chi connectivity index (χ2v) is 5.92. The predicted octanol–water partition coefficient (Wildman–Crippen LogP) is 4.92. The van der Waals surface area contributed by atoms with Crippen LogP contribution in [-0.2, 0) is 0 Å². The van der Waals surface area contributed by atoms with Crippen molar-refractivity contribution >= 4 is 28.7 Å². The number of nitriles is 1. The Morgan fingerprint density at radius 3 is 2.68 bits per heavy atom. The number of nitro benzene ring substituents is 1. The van der Waals surface area contributed by atoms with E-state index in [2.05, 4.69) is 11.1 Å². The number of hydrogen-bond acceptors (Lipinski definition) is 5. The van der Waals surface area contributed by atoms with Crippen LogP contribution in [0.2, 0.25) is 0 Å². The molecule has 0 saturated heterocycles. The first-order chi connectivity index (χ1) is 12.1. The van der Waals surface area contributed by atoms with Gasteiger partial charge in [-0.25, -0.2) is 9.37 Å². The lowest BCUT2D eigenvalue weighted by Crippen LogP contribution is -1.87. The van der Waals surface area contributed by atoms with E-state index in [1.54, 1.807) is 35.7 Å². The smallest absolute Gasteiger partial charge is 0.258 e. The molecule has 0 radical (unpaired) electrons. The number of halogens is 1. The Labute approximate surface area is 146 Å². The third-order valence-electron chi connectivity index (χ3n) is 3.39. The van der Waals surface area contributed by atoms with Crippen molar-refractivity contribution in [2.24, 2.45) is 0 Å². The molecule has 0 N–H and O–H groups in total. The van der Waals surface area contributed by atoms with Gasteiger partial charge in [-0.1, -0.05) is 12.1 Å². The van der Waals surface area contributed by atoms with Crippen LogP contribution in [0.1, 0.15) is 10.6 Å². The van der Waals surface area contributed by atoms with E-state index < -0.39 is 4.92 Å². The highest BCUT2D eigenvalue weighted by molar-refractivity contribution is 7.11. The fourth-order valence-electron chi connectivity index (χ4n) is 2.19. The van der Waals surface area contributed by atoms with Crippen LogP contribution in [0, 0.1) is 27.3 Å². The van der Waals surface area contributed by atoms with Gasteiger partial charge >= 0.3 is 0 Å². The second kappa shape index (κ2) is 7.03. The summed E-state index contributed by atoms with van der Waals surface area (Å²) in [6.07, 6.45) is 1.57. The summed E-state index contributed by atoms with van der Waals surface area (Å²) in [6.45, 7) is 0. The van der Waals surface area contributed by atoms with Crippen molar-refractivity contribution in [2.75, 3.05) is 0 Å². The lowest BCUT2D eigenvalue weighted by atomic mass is 10.1. The molecule has 0 aliphatic heterocycles. The Balaban J connectivity index is 1.91. The topological polar surface area (TPSA) is 79.8 Å². The third kappa shape index (κ3) is 3.76. The summed E-state index contributed by atoms with van der Waals surface area (Å²) in [4.78, 5) is 14.6. The minimum Gasteiger partial charge on any atom is -0.258 e. The van der Waals surface area contributed by atoms with Gasteiger partial charge in [0.1, 0.15) is 16.9 Å². The van der Waals surface area contributed by atoms with Gasteiger partial charge in [-0.3, -0.25) is 10.1 Å². The number of nitrogens with zero attached hydrogens (tertiary/aromatic N) is 3. The van der Waals surface area contributed by atoms with Gasteiger partial charge in [0.2, 0.25) is 0 Å². The van der Waals surface area contributed by atoms with Gasteiger partial charge in [-0.05, 0) is 35.9 Å². The average molecular weight is 351 g/mol. The molecule has 7 heteroatoms. The third-order valence-corrected chi connectivity index (χ3v) is 4.26. The molecule has 0 unspecified atom stereocenters. The molecule has 0 fully saturated rings. The van der Waals surface area contributed by atoms with Crippen LogP contribution in [0.4, 0.5) is 10.1 Å². The van der Waals surface area contributed by atoms with E-state index in [4.69, 9.17) is 0 Å². The molecule has 0 saturated carbocycles. The highest BCUT2D eigenvalue weighted by atomic mass is 32.1. The largest absolute Gasteiger partial charge is 0.269 e. The van der Waals surface area contributed by atoms with E-state index in [0.717, 1.165) is 5.56 Å². The quantitative estimate of drug-likeness (QED) is 0.379. The minimum absolute atomic E-state index is 0.00270. The summed E-state index contributed by atoms with van der Waals surface area (Å²) >= 11 is 1.28. The van der Waals surface area contributed by atoms with Gasteiger partial charge in [-0.2, -0.15) is 5.26 Å². The zero-order valence-electron chi connectivity index (χ0n) is 12.7. The number of allylic oxidation sites excluding steroid dienone is 1. The van der Waals surface area contributed by atoms with Crippen LogP contribution in [0.25, 0.3) is 22.9 Å². The summed E-state index contributed by atoms with van der Waals surface area (Å²) in [7, 11) is 0. The summed E-state index contributed by atoms with van der Waals surface area (Å²) < 4.78 is 13.3. The Morgan fingerprint density at radius 2 is 2.04 bits per heavy atom. The van der Waals surface area contributed by atoms with Crippen molar-refractivity contribution in [3.05, 3.63) is 80.4 Å². The minimum atomic E-state index is -0.466. The molecule has 3 rings (SSSR count). The van der Waals surface area contributed by atoms with Crippen molar-refractivity contribution in [3.8, 4) is 17.3 Å². The molecular weight excluding hydrogens is 341 g/mol. The van der Waals surface area contributed by atoms with Crippen LogP contribution in [-0.4, -0.2) is 9.91 Å². The molecule has 1 heterocycles. The van der Waals surface area contributed by atoms with E-state index in [1.165, 1.54) is 35.6 Å². The van der Waals surface area contributed by atoms with E-state index >= 15 is 0 Å². The molecular formula is C18H10FN3O2S. The van der Waals surface area contributed by atoms with Crippen LogP contribution < -0.4 is 0 Å². The lowest BCUT2D eigenvalue weighted by Gasteiger charge is -1.97.